The maximum Gasteiger partial charge on any atom is 0.144 e. The lowest BCUT2D eigenvalue weighted by atomic mass is 10.1. The van der Waals surface area contributed by atoms with Gasteiger partial charge < -0.3 is 10.6 Å². The molecule has 0 aliphatic heterocycles. The van der Waals surface area contributed by atoms with Crippen LogP contribution in [0.3, 0.4) is 0 Å². The van der Waals surface area contributed by atoms with E-state index in [2.05, 4.69) is 55.2 Å². The fourth-order valence-corrected chi connectivity index (χ4v) is 1.20. The van der Waals surface area contributed by atoms with Crippen LogP contribution >= 0.6 is 0 Å². The minimum atomic E-state index is 0.107. The molecule has 0 bridgehead atoms. The molecule has 0 aliphatic rings. The van der Waals surface area contributed by atoms with E-state index in [1.165, 1.54) is 0 Å². The van der Waals surface area contributed by atoms with Gasteiger partial charge in [0.25, 0.3) is 0 Å². The fraction of sp³-hybridized carbons (Fsp3) is 0.692. The number of nitrogens with zero attached hydrogens (tertiary/aromatic N) is 2. The van der Waals surface area contributed by atoms with E-state index in [0.717, 1.165) is 24.6 Å². The van der Waals surface area contributed by atoms with Gasteiger partial charge in [-0.1, -0.05) is 13.8 Å². The van der Waals surface area contributed by atoms with Gasteiger partial charge in [0.2, 0.25) is 0 Å². The van der Waals surface area contributed by atoms with E-state index in [1.807, 2.05) is 6.20 Å². The van der Waals surface area contributed by atoms with E-state index < -0.39 is 0 Å². The van der Waals surface area contributed by atoms with Crippen molar-refractivity contribution in [3.63, 3.8) is 0 Å². The highest BCUT2D eigenvalue weighted by Gasteiger charge is 2.08. The summed E-state index contributed by atoms with van der Waals surface area (Å²) in [5.74, 6) is 1.46. The first-order chi connectivity index (χ1) is 7.87. The zero-order chi connectivity index (χ0) is 12.9. The minimum absolute atomic E-state index is 0.107. The molecule has 96 valence electrons. The van der Waals surface area contributed by atoms with Gasteiger partial charge in [0.05, 0.1) is 18.1 Å². The molecule has 0 aliphatic carbocycles. The maximum atomic E-state index is 4.37. The van der Waals surface area contributed by atoms with Crippen LogP contribution in [0.4, 0.5) is 5.82 Å². The molecule has 0 atom stereocenters. The molecule has 0 amide bonds. The van der Waals surface area contributed by atoms with Crippen LogP contribution in [-0.2, 0) is 6.54 Å². The van der Waals surface area contributed by atoms with Gasteiger partial charge >= 0.3 is 0 Å². The van der Waals surface area contributed by atoms with Gasteiger partial charge in [0, 0.05) is 18.6 Å². The zero-order valence-electron chi connectivity index (χ0n) is 11.5. The first-order valence-electron chi connectivity index (χ1n) is 6.16. The van der Waals surface area contributed by atoms with Crippen LogP contribution in [0.1, 0.15) is 40.3 Å². The largest absolute Gasteiger partial charge is 0.369 e. The van der Waals surface area contributed by atoms with E-state index in [4.69, 9.17) is 0 Å². The van der Waals surface area contributed by atoms with Crippen LogP contribution < -0.4 is 10.6 Å². The third-order valence-corrected chi connectivity index (χ3v) is 2.20. The highest BCUT2D eigenvalue weighted by Crippen LogP contribution is 2.05. The second-order valence-electron chi connectivity index (χ2n) is 5.77. The molecule has 1 rings (SSSR count). The van der Waals surface area contributed by atoms with E-state index in [0.29, 0.717) is 5.92 Å². The maximum absolute atomic E-state index is 4.37. The highest BCUT2D eigenvalue weighted by atomic mass is 15.0. The van der Waals surface area contributed by atoms with E-state index in [1.54, 1.807) is 6.20 Å². The summed E-state index contributed by atoms with van der Waals surface area (Å²) in [5.41, 5.74) is 1.07. The van der Waals surface area contributed by atoms with E-state index in [-0.39, 0.29) is 5.54 Å². The molecule has 0 radical (unpaired) electrons. The SMILES string of the molecule is CC(C)CNc1cnc(CNC(C)(C)C)cn1. The molecule has 4 heteroatoms. The third kappa shape index (κ3) is 6.22. The Morgan fingerprint density at radius 2 is 1.88 bits per heavy atom. The summed E-state index contributed by atoms with van der Waals surface area (Å²) in [6.45, 7) is 12.4. The predicted molar refractivity (Wildman–Crippen MR) is 72.0 cm³/mol. The summed E-state index contributed by atoms with van der Waals surface area (Å²) in [6.07, 6.45) is 3.61. The molecular formula is C13H24N4. The summed E-state index contributed by atoms with van der Waals surface area (Å²) in [5, 5.41) is 6.63. The number of hydrogen-bond donors (Lipinski definition) is 2. The molecule has 1 aromatic rings. The van der Waals surface area contributed by atoms with Gasteiger partial charge in [-0.15, -0.1) is 0 Å². The van der Waals surface area contributed by atoms with Gasteiger partial charge in [0.1, 0.15) is 5.82 Å². The number of aromatic nitrogens is 2. The first kappa shape index (κ1) is 13.9. The first-order valence-corrected chi connectivity index (χ1v) is 6.16. The number of rotatable bonds is 5. The summed E-state index contributed by atoms with van der Waals surface area (Å²) >= 11 is 0. The fourth-order valence-electron chi connectivity index (χ4n) is 1.20. The molecule has 17 heavy (non-hydrogen) atoms. The summed E-state index contributed by atoms with van der Waals surface area (Å²) in [6, 6.07) is 0. The van der Waals surface area contributed by atoms with Crippen molar-refractivity contribution >= 4 is 5.82 Å². The lowest BCUT2D eigenvalue weighted by Crippen LogP contribution is -2.35. The van der Waals surface area contributed by atoms with Gasteiger partial charge in [0.15, 0.2) is 0 Å². The normalized spacial score (nSPS) is 11.9. The zero-order valence-corrected chi connectivity index (χ0v) is 11.5. The van der Waals surface area contributed by atoms with Crippen molar-refractivity contribution in [2.24, 2.45) is 5.92 Å². The Balaban J connectivity index is 2.45. The molecule has 0 aromatic carbocycles. The second kappa shape index (κ2) is 5.96. The smallest absolute Gasteiger partial charge is 0.144 e. The molecular weight excluding hydrogens is 212 g/mol. The van der Waals surface area contributed by atoms with Crippen LogP contribution in [0.2, 0.25) is 0 Å². The lowest BCUT2D eigenvalue weighted by Gasteiger charge is -2.20. The van der Waals surface area contributed by atoms with Crippen molar-refractivity contribution in [1.29, 1.82) is 0 Å². The van der Waals surface area contributed by atoms with Crippen LogP contribution in [0.25, 0.3) is 0 Å². The van der Waals surface area contributed by atoms with Crippen LogP contribution in [-0.4, -0.2) is 22.1 Å². The van der Waals surface area contributed by atoms with Crippen LogP contribution in [0, 0.1) is 5.92 Å². The Morgan fingerprint density at radius 1 is 1.18 bits per heavy atom. The van der Waals surface area contributed by atoms with Gasteiger partial charge in [-0.2, -0.15) is 0 Å². The Morgan fingerprint density at radius 3 is 2.35 bits per heavy atom. The van der Waals surface area contributed by atoms with Crippen molar-refractivity contribution in [2.75, 3.05) is 11.9 Å². The molecule has 0 saturated heterocycles. The topological polar surface area (TPSA) is 49.8 Å². The second-order valence-corrected chi connectivity index (χ2v) is 5.77. The monoisotopic (exact) mass is 236 g/mol. The van der Waals surface area contributed by atoms with Gasteiger partial charge in [-0.05, 0) is 26.7 Å². The average Bonchev–Trinajstić information content (AvgIpc) is 2.24. The van der Waals surface area contributed by atoms with Crippen LogP contribution in [0.5, 0.6) is 0 Å². The van der Waals surface area contributed by atoms with Gasteiger partial charge in [-0.25, -0.2) is 4.98 Å². The lowest BCUT2D eigenvalue weighted by molar-refractivity contribution is 0.421. The number of hydrogen-bond acceptors (Lipinski definition) is 4. The average molecular weight is 236 g/mol. The molecule has 1 heterocycles. The molecule has 2 N–H and O–H groups in total. The van der Waals surface area contributed by atoms with Crippen molar-refractivity contribution in [2.45, 2.75) is 46.7 Å². The Labute approximate surface area is 104 Å². The molecule has 4 nitrogen and oxygen atoms in total. The number of nitrogens with one attached hydrogen (secondary N) is 2. The Kier molecular flexibility index (Phi) is 4.87. The molecule has 0 spiro atoms. The van der Waals surface area contributed by atoms with Crippen LogP contribution in [0.15, 0.2) is 12.4 Å². The minimum Gasteiger partial charge on any atom is -0.369 e. The van der Waals surface area contributed by atoms with E-state index in [9.17, 15) is 0 Å². The predicted octanol–water partition coefficient (Wildman–Crippen LogP) is 2.43. The van der Waals surface area contributed by atoms with Gasteiger partial charge in [-0.3, -0.25) is 4.98 Å². The van der Waals surface area contributed by atoms with Crippen molar-refractivity contribution in [3.8, 4) is 0 Å². The van der Waals surface area contributed by atoms with Crippen molar-refractivity contribution in [3.05, 3.63) is 18.1 Å². The highest BCUT2D eigenvalue weighted by molar-refractivity contribution is 5.30. The quantitative estimate of drug-likeness (QED) is 0.824. The standard InChI is InChI=1S/C13H24N4/c1-10(2)6-15-12-9-14-11(7-16-12)8-17-13(3,4)5/h7,9-10,17H,6,8H2,1-5H3,(H,15,16). The van der Waals surface area contributed by atoms with Crippen molar-refractivity contribution in [1.82, 2.24) is 15.3 Å². The summed E-state index contributed by atoms with van der Waals surface area (Å²) in [4.78, 5) is 8.71. The molecule has 0 saturated carbocycles. The van der Waals surface area contributed by atoms with Crippen molar-refractivity contribution < 1.29 is 0 Å². The molecule has 0 unspecified atom stereocenters. The Bertz CT molecular complexity index is 324. The number of anilines is 1. The summed E-state index contributed by atoms with van der Waals surface area (Å²) in [7, 11) is 0. The molecule has 1 aromatic heterocycles. The third-order valence-electron chi connectivity index (χ3n) is 2.20. The molecule has 0 fully saturated rings. The Hall–Kier alpha value is -1.16. The van der Waals surface area contributed by atoms with E-state index >= 15 is 0 Å². The summed E-state index contributed by atoms with van der Waals surface area (Å²) < 4.78 is 0.